The van der Waals surface area contributed by atoms with E-state index in [4.69, 9.17) is 15.1 Å². The number of nitrogens with zero attached hydrogens (tertiary/aromatic N) is 6. The molecule has 1 fully saturated rings. The predicted molar refractivity (Wildman–Crippen MR) is 124 cm³/mol. The van der Waals surface area contributed by atoms with Crippen molar-refractivity contribution in [2.45, 2.75) is 52.5 Å². The molecule has 0 radical (unpaired) electrons. The molecule has 2 aromatic heterocycles. The third-order valence-electron chi connectivity index (χ3n) is 6.48. The summed E-state index contributed by atoms with van der Waals surface area (Å²) in [6.07, 6.45) is 5.65. The first-order chi connectivity index (χ1) is 15.2. The Labute approximate surface area is 184 Å². The monoisotopic (exact) mass is 416 g/mol. The second-order valence-corrected chi connectivity index (χ2v) is 8.92. The topological polar surface area (TPSA) is 50.1 Å². The molecule has 0 spiro atoms. The molecule has 1 aliphatic heterocycles. The van der Waals surface area contributed by atoms with E-state index in [0.717, 1.165) is 75.1 Å². The lowest BCUT2D eigenvalue weighted by Crippen LogP contribution is -2.32. The Kier molecular flexibility index (Phi) is 5.72. The summed E-state index contributed by atoms with van der Waals surface area (Å²) in [5, 5.41) is 4.75. The molecular formula is C25H32N6. The van der Waals surface area contributed by atoms with Crippen LogP contribution in [-0.2, 0) is 19.4 Å². The lowest BCUT2D eigenvalue weighted by molar-refractivity contribution is 0.285. The van der Waals surface area contributed by atoms with E-state index in [2.05, 4.69) is 53.1 Å². The lowest BCUT2D eigenvalue weighted by Gasteiger charge is -2.25. The molecule has 31 heavy (non-hydrogen) atoms. The number of aromatic nitrogens is 4. The van der Waals surface area contributed by atoms with Crippen molar-refractivity contribution in [3.8, 4) is 5.82 Å². The maximum atomic E-state index is 5.10. The molecule has 1 aliphatic carbocycles. The highest BCUT2D eigenvalue weighted by Crippen LogP contribution is 2.28. The number of benzene rings is 1. The smallest absolute Gasteiger partial charge is 0.227 e. The maximum absolute atomic E-state index is 5.10. The van der Waals surface area contributed by atoms with Crippen molar-refractivity contribution in [2.75, 3.05) is 31.1 Å². The van der Waals surface area contributed by atoms with Gasteiger partial charge in [0.2, 0.25) is 5.95 Å². The van der Waals surface area contributed by atoms with Crippen molar-refractivity contribution < 1.29 is 0 Å². The van der Waals surface area contributed by atoms with E-state index in [1.165, 1.54) is 29.7 Å². The Morgan fingerprint density at radius 3 is 2.52 bits per heavy atom. The summed E-state index contributed by atoms with van der Waals surface area (Å²) in [6, 6.07) is 12.9. The molecule has 6 heteroatoms. The molecule has 3 aromatic rings. The molecule has 3 heterocycles. The van der Waals surface area contributed by atoms with Gasteiger partial charge in [0.25, 0.3) is 0 Å². The first kappa shape index (κ1) is 20.2. The number of rotatable bonds is 4. The van der Waals surface area contributed by atoms with Crippen LogP contribution in [0.25, 0.3) is 5.82 Å². The summed E-state index contributed by atoms with van der Waals surface area (Å²) in [6.45, 7) is 9.28. The second-order valence-electron chi connectivity index (χ2n) is 8.92. The van der Waals surface area contributed by atoms with Gasteiger partial charge < -0.3 is 4.90 Å². The Morgan fingerprint density at radius 2 is 1.71 bits per heavy atom. The van der Waals surface area contributed by atoms with Crippen LogP contribution >= 0.6 is 0 Å². The highest BCUT2D eigenvalue weighted by atomic mass is 15.4. The molecule has 6 nitrogen and oxygen atoms in total. The minimum Gasteiger partial charge on any atom is -0.339 e. The number of hydrogen-bond acceptors (Lipinski definition) is 5. The van der Waals surface area contributed by atoms with E-state index in [0.29, 0.717) is 0 Å². The Bertz CT molecular complexity index is 1040. The molecule has 0 saturated carbocycles. The van der Waals surface area contributed by atoms with Gasteiger partial charge in [-0.05, 0) is 57.6 Å². The van der Waals surface area contributed by atoms with Crippen LogP contribution in [-0.4, -0.2) is 50.8 Å². The first-order valence-electron chi connectivity index (χ1n) is 11.6. The van der Waals surface area contributed by atoms with Gasteiger partial charge in [-0.1, -0.05) is 30.3 Å². The zero-order chi connectivity index (χ0) is 21.2. The van der Waals surface area contributed by atoms with Gasteiger partial charge in [0, 0.05) is 44.0 Å². The normalized spacial score (nSPS) is 17.4. The number of fused-ring (bicyclic) bond motifs is 1. The Balaban J connectivity index is 1.41. The molecule has 0 unspecified atom stereocenters. The van der Waals surface area contributed by atoms with E-state index in [9.17, 15) is 0 Å². The molecule has 1 aromatic carbocycles. The Hall–Kier alpha value is -2.73. The van der Waals surface area contributed by atoms with Gasteiger partial charge in [0.1, 0.15) is 0 Å². The molecule has 2 aliphatic rings. The van der Waals surface area contributed by atoms with E-state index >= 15 is 0 Å². The SMILES string of the molecule is Cc1cc(C)n(-c2nc(N3CCCN(Cc4ccccc4)CC3)nc3c2CCCC3)n1. The summed E-state index contributed by atoms with van der Waals surface area (Å²) in [5.74, 6) is 1.88. The lowest BCUT2D eigenvalue weighted by atomic mass is 9.96. The van der Waals surface area contributed by atoms with E-state index in [1.54, 1.807) is 0 Å². The van der Waals surface area contributed by atoms with E-state index in [1.807, 2.05) is 11.6 Å². The average Bonchev–Trinajstić information content (AvgIpc) is 2.97. The van der Waals surface area contributed by atoms with Gasteiger partial charge in [0.15, 0.2) is 5.82 Å². The summed E-state index contributed by atoms with van der Waals surface area (Å²) >= 11 is 0. The van der Waals surface area contributed by atoms with Gasteiger partial charge in [-0.2, -0.15) is 10.1 Å². The van der Waals surface area contributed by atoms with Gasteiger partial charge in [-0.3, -0.25) is 4.90 Å². The Morgan fingerprint density at radius 1 is 0.871 bits per heavy atom. The fraction of sp³-hybridized carbons (Fsp3) is 0.480. The summed E-state index contributed by atoms with van der Waals surface area (Å²) in [5.41, 5.74) is 6.08. The van der Waals surface area contributed by atoms with Crippen molar-refractivity contribution in [1.82, 2.24) is 24.6 Å². The van der Waals surface area contributed by atoms with Gasteiger partial charge in [0.05, 0.1) is 11.4 Å². The quantitative estimate of drug-likeness (QED) is 0.646. The third kappa shape index (κ3) is 4.35. The molecule has 0 N–H and O–H groups in total. The van der Waals surface area contributed by atoms with Crippen molar-refractivity contribution in [2.24, 2.45) is 0 Å². The van der Waals surface area contributed by atoms with Crippen LogP contribution in [0.3, 0.4) is 0 Å². The number of anilines is 1. The molecule has 5 rings (SSSR count). The van der Waals surface area contributed by atoms with Crippen LogP contribution in [0.1, 0.15) is 47.5 Å². The summed E-state index contributed by atoms with van der Waals surface area (Å²) in [7, 11) is 0. The molecule has 1 saturated heterocycles. The highest BCUT2D eigenvalue weighted by Gasteiger charge is 2.24. The van der Waals surface area contributed by atoms with Gasteiger partial charge in [-0.15, -0.1) is 0 Å². The number of aryl methyl sites for hydroxylation is 3. The van der Waals surface area contributed by atoms with Gasteiger partial charge in [-0.25, -0.2) is 9.67 Å². The van der Waals surface area contributed by atoms with Crippen molar-refractivity contribution >= 4 is 5.95 Å². The fourth-order valence-electron chi connectivity index (χ4n) is 4.89. The molecule has 162 valence electrons. The van der Waals surface area contributed by atoms with Crippen molar-refractivity contribution in [1.29, 1.82) is 0 Å². The van der Waals surface area contributed by atoms with Crippen LogP contribution in [0.5, 0.6) is 0 Å². The highest BCUT2D eigenvalue weighted by molar-refractivity contribution is 5.46. The van der Waals surface area contributed by atoms with Crippen LogP contribution in [0, 0.1) is 13.8 Å². The van der Waals surface area contributed by atoms with Crippen LogP contribution < -0.4 is 4.90 Å². The number of hydrogen-bond donors (Lipinski definition) is 0. The standard InChI is InChI=1S/C25H32N6/c1-19-17-20(2)31(28-19)24-22-11-6-7-12-23(22)26-25(27-24)30-14-8-13-29(15-16-30)18-21-9-4-3-5-10-21/h3-5,9-10,17H,6-8,11-16,18H2,1-2H3. The van der Waals surface area contributed by atoms with Crippen LogP contribution in [0.2, 0.25) is 0 Å². The zero-order valence-electron chi connectivity index (χ0n) is 18.7. The van der Waals surface area contributed by atoms with Crippen molar-refractivity contribution in [3.63, 3.8) is 0 Å². The average molecular weight is 417 g/mol. The molecule has 0 amide bonds. The van der Waals surface area contributed by atoms with E-state index < -0.39 is 0 Å². The van der Waals surface area contributed by atoms with Crippen LogP contribution in [0.4, 0.5) is 5.95 Å². The maximum Gasteiger partial charge on any atom is 0.227 e. The molecule has 0 bridgehead atoms. The van der Waals surface area contributed by atoms with Gasteiger partial charge >= 0.3 is 0 Å². The first-order valence-corrected chi connectivity index (χ1v) is 11.6. The largest absolute Gasteiger partial charge is 0.339 e. The third-order valence-corrected chi connectivity index (χ3v) is 6.48. The molecule has 0 atom stereocenters. The van der Waals surface area contributed by atoms with E-state index in [-0.39, 0.29) is 0 Å². The van der Waals surface area contributed by atoms with Crippen LogP contribution in [0.15, 0.2) is 36.4 Å². The molecular weight excluding hydrogens is 384 g/mol. The fourth-order valence-corrected chi connectivity index (χ4v) is 4.89. The predicted octanol–water partition coefficient (Wildman–Crippen LogP) is 3.87. The minimum absolute atomic E-state index is 0.879. The second kappa shape index (κ2) is 8.79. The zero-order valence-corrected chi connectivity index (χ0v) is 18.7. The summed E-state index contributed by atoms with van der Waals surface area (Å²) < 4.78 is 2.03. The summed E-state index contributed by atoms with van der Waals surface area (Å²) in [4.78, 5) is 15.1. The van der Waals surface area contributed by atoms with Crippen molar-refractivity contribution in [3.05, 3.63) is 64.6 Å². The minimum atomic E-state index is 0.879.